The van der Waals surface area contributed by atoms with Gasteiger partial charge in [-0.05, 0) is 42.7 Å². The Morgan fingerprint density at radius 1 is 1.11 bits per heavy atom. The van der Waals surface area contributed by atoms with Gasteiger partial charge in [0.2, 0.25) is 0 Å². The number of nitrogens with one attached hydrogen (secondary N) is 1. The first-order chi connectivity index (χ1) is 12.8. The number of rotatable bonds is 6. The number of nitrogens with zero attached hydrogens (tertiary/aromatic N) is 1. The van der Waals surface area contributed by atoms with E-state index in [0.717, 1.165) is 5.56 Å². The zero-order valence-electron chi connectivity index (χ0n) is 13.9. The lowest BCUT2D eigenvalue weighted by Crippen LogP contribution is -2.28. The third-order valence-electron chi connectivity index (χ3n) is 4.30. The van der Waals surface area contributed by atoms with Crippen LogP contribution in [-0.4, -0.2) is 23.4 Å². The lowest BCUT2D eigenvalue weighted by molar-refractivity contribution is -0.383. The summed E-state index contributed by atoms with van der Waals surface area (Å²) in [5.74, 6) is -1.21. The van der Waals surface area contributed by atoms with E-state index in [-0.39, 0.29) is 16.4 Å². The molecule has 1 fully saturated rings. The highest BCUT2D eigenvalue weighted by atomic mass is 35.5. The van der Waals surface area contributed by atoms with Crippen molar-refractivity contribution in [2.24, 2.45) is 0 Å². The van der Waals surface area contributed by atoms with Crippen molar-refractivity contribution in [3.8, 4) is 0 Å². The highest BCUT2D eigenvalue weighted by Crippen LogP contribution is 2.49. The van der Waals surface area contributed by atoms with E-state index < -0.39 is 28.8 Å². The number of benzene rings is 2. The van der Waals surface area contributed by atoms with E-state index >= 15 is 0 Å². The average Bonchev–Trinajstić information content (AvgIpc) is 3.42. The average molecular weight is 409 g/mol. The number of carbonyl (C=O) groups excluding carboxylic acids is 2. The van der Waals surface area contributed by atoms with E-state index in [1.165, 1.54) is 18.2 Å². The number of nitro benzene ring substituents is 1. The summed E-state index contributed by atoms with van der Waals surface area (Å²) in [5, 5.41) is 14.2. The lowest BCUT2D eigenvalue weighted by Gasteiger charge is -2.15. The number of esters is 1. The Morgan fingerprint density at radius 2 is 1.74 bits per heavy atom. The number of halogens is 2. The van der Waals surface area contributed by atoms with Crippen LogP contribution in [0, 0.1) is 10.1 Å². The predicted molar refractivity (Wildman–Crippen MR) is 100 cm³/mol. The van der Waals surface area contributed by atoms with Crippen molar-refractivity contribution in [3.05, 3.63) is 68.2 Å². The van der Waals surface area contributed by atoms with Crippen molar-refractivity contribution in [2.75, 3.05) is 11.9 Å². The van der Waals surface area contributed by atoms with Crippen LogP contribution in [0.1, 0.15) is 18.4 Å². The first-order valence-corrected chi connectivity index (χ1v) is 8.74. The zero-order chi connectivity index (χ0) is 19.6. The molecule has 0 bridgehead atoms. The maximum atomic E-state index is 12.4. The topological polar surface area (TPSA) is 98.5 Å². The molecule has 2 aromatic carbocycles. The van der Waals surface area contributed by atoms with Crippen molar-refractivity contribution >= 4 is 46.5 Å². The van der Waals surface area contributed by atoms with Crippen molar-refractivity contribution in [2.45, 2.75) is 18.3 Å². The molecule has 2 aromatic rings. The van der Waals surface area contributed by atoms with E-state index in [1.807, 2.05) is 0 Å². The second kappa shape index (κ2) is 7.54. The molecule has 1 amide bonds. The van der Waals surface area contributed by atoms with Crippen LogP contribution >= 0.6 is 23.2 Å². The standard InChI is InChI=1S/C18H14Cl2N2O5/c19-12-3-1-11(2-4-12)18(7-8-18)17(24)27-10-16(23)21-14-9-13(20)5-6-15(14)22(25)26/h1-6,9H,7-8,10H2,(H,21,23). The molecule has 0 radical (unpaired) electrons. The number of carbonyl (C=O) groups is 2. The van der Waals surface area contributed by atoms with E-state index in [4.69, 9.17) is 27.9 Å². The van der Waals surface area contributed by atoms with Crippen molar-refractivity contribution in [3.63, 3.8) is 0 Å². The van der Waals surface area contributed by atoms with Gasteiger partial charge in [0.25, 0.3) is 11.6 Å². The zero-order valence-corrected chi connectivity index (χ0v) is 15.4. The van der Waals surface area contributed by atoms with Crippen LogP contribution in [-0.2, 0) is 19.7 Å². The van der Waals surface area contributed by atoms with E-state index in [2.05, 4.69) is 5.32 Å². The van der Waals surface area contributed by atoms with Gasteiger partial charge in [0.1, 0.15) is 5.69 Å². The Morgan fingerprint density at radius 3 is 2.33 bits per heavy atom. The molecule has 1 aliphatic carbocycles. The first kappa shape index (κ1) is 19.1. The summed E-state index contributed by atoms with van der Waals surface area (Å²) in [6, 6.07) is 10.7. The van der Waals surface area contributed by atoms with Gasteiger partial charge in [0, 0.05) is 16.1 Å². The fourth-order valence-electron chi connectivity index (χ4n) is 2.73. The van der Waals surface area contributed by atoms with Gasteiger partial charge >= 0.3 is 5.97 Å². The Bertz CT molecular complexity index is 910. The largest absolute Gasteiger partial charge is 0.455 e. The Kier molecular flexibility index (Phi) is 5.34. The fourth-order valence-corrected chi connectivity index (χ4v) is 3.03. The maximum absolute atomic E-state index is 12.4. The third kappa shape index (κ3) is 4.20. The van der Waals surface area contributed by atoms with Crippen molar-refractivity contribution in [1.29, 1.82) is 0 Å². The molecule has 0 heterocycles. The molecule has 0 atom stereocenters. The summed E-state index contributed by atoms with van der Waals surface area (Å²) >= 11 is 11.7. The number of hydrogen-bond donors (Lipinski definition) is 1. The smallest absolute Gasteiger partial charge is 0.317 e. The molecule has 1 N–H and O–H groups in total. The van der Waals surface area contributed by atoms with Gasteiger partial charge < -0.3 is 10.1 Å². The highest BCUT2D eigenvalue weighted by molar-refractivity contribution is 6.31. The number of ether oxygens (including phenoxy) is 1. The molecule has 27 heavy (non-hydrogen) atoms. The minimum Gasteiger partial charge on any atom is -0.455 e. The number of amides is 1. The van der Waals surface area contributed by atoms with Gasteiger partial charge in [-0.15, -0.1) is 0 Å². The third-order valence-corrected chi connectivity index (χ3v) is 4.79. The molecular weight excluding hydrogens is 395 g/mol. The number of hydrogen-bond acceptors (Lipinski definition) is 5. The van der Waals surface area contributed by atoms with Crippen LogP contribution in [0.15, 0.2) is 42.5 Å². The summed E-state index contributed by atoms with van der Waals surface area (Å²) in [5.41, 5.74) is -0.346. The SMILES string of the molecule is O=C(COC(=O)C1(c2ccc(Cl)cc2)CC1)Nc1cc(Cl)ccc1[N+](=O)[O-]. The predicted octanol–water partition coefficient (Wildman–Crippen LogP) is 4.12. The van der Waals surface area contributed by atoms with Gasteiger partial charge in [-0.1, -0.05) is 35.3 Å². The molecule has 140 valence electrons. The lowest BCUT2D eigenvalue weighted by atomic mass is 9.96. The minimum atomic E-state index is -0.757. The molecule has 0 spiro atoms. The molecule has 7 nitrogen and oxygen atoms in total. The summed E-state index contributed by atoms with van der Waals surface area (Å²) in [4.78, 5) is 34.9. The van der Waals surface area contributed by atoms with Crippen LogP contribution in [0.25, 0.3) is 0 Å². The minimum absolute atomic E-state index is 0.0626. The quantitative estimate of drug-likeness (QED) is 0.440. The molecule has 9 heteroatoms. The van der Waals surface area contributed by atoms with Crippen LogP contribution in [0.3, 0.4) is 0 Å². The van der Waals surface area contributed by atoms with Gasteiger partial charge in [-0.25, -0.2) is 0 Å². The molecule has 0 unspecified atom stereocenters. The van der Waals surface area contributed by atoms with Crippen LogP contribution in [0.2, 0.25) is 10.0 Å². The summed E-state index contributed by atoms with van der Waals surface area (Å²) in [6.07, 6.45) is 1.24. The molecule has 0 aliphatic heterocycles. The fraction of sp³-hybridized carbons (Fsp3) is 0.222. The normalized spacial score (nSPS) is 14.3. The molecule has 3 rings (SSSR count). The Balaban J connectivity index is 1.63. The number of nitro groups is 1. The van der Waals surface area contributed by atoms with Crippen molar-refractivity contribution in [1.82, 2.24) is 0 Å². The first-order valence-electron chi connectivity index (χ1n) is 7.99. The summed E-state index contributed by atoms with van der Waals surface area (Å²) < 4.78 is 5.13. The van der Waals surface area contributed by atoms with E-state index in [0.29, 0.717) is 17.9 Å². The second-order valence-corrected chi connectivity index (χ2v) is 7.00. The van der Waals surface area contributed by atoms with Gasteiger partial charge in [-0.3, -0.25) is 19.7 Å². The molecule has 1 aliphatic rings. The maximum Gasteiger partial charge on any atom is 0.317 e. The van der Waals surface area contributed by atoms with Gasteiger partial charge in [0.15, 0.2) is 6.61 Å². The van der Waals surface area contributed by atoms with Crippen LogP contribution in [0.5, 0.6) is 0 Å². The Hall–Kier alpha value is -2.64. The van der Waals surface area contributed by atoms with Crippen molar-refractivity contribution < 1.29 is 19.2 Å². The molecule has 1 saturated carbocycles. The van der Waals surface area contributed by atoms with Crippen LogP contribution < -0.4 is 5.32 Å². The summed E-state index contributed by atoms with van der Waals surface area (Å²) in [7, 11) is 0. The van der Waals surface area contributed by atoms with E-state index in [9.17, 15) is 19.7 Å². The summed E-state index contributed by atoms with van der Waals surface area (Å²) in [6.45, 7) is -0.558. The van der Waals surface area contributed by atoms with Crippen LogP contribution in [0.4, 0.5) is 11.4 Å². The highest BCUT2D eigenvalue weighted by Gasteiger charge is 2.52. The Labute approximate surface area is 164 Å². The molecule has 0 aromatic heterocycles. The van der Waals surface area contributed by atoms with E-state index in [1.54, 1.807) is 24.3 Å². The molecular formula is C18H14Cl2N2O5. The second-order valence-electron chi connectivity index (χ2n) is 6.13. The van der Waals surface area contributed by atoms with Gasteiger partial charge in [-0.2, -0.15) is 0 Å². The molecule has 0 saturated heterocycles. The monoisotopic (exact) mass is 408 g/mol. The van der Waals surface area contributed by atoms with Gasteiger partial charge in [0.05, 0.1) is 10.3 Å². The number of anilines is 1.